The van der Waals surface area contributed by atoms with E-state index in [4.69, 9.17) is 0 Å². The van der Waals surface area contributed by atoms with E-state index in [-0.39, 0.29) is 11.8 Å². The van der Waals surface area contributed by atoms with Crippen LogP contribution >= 0.6 is 0 Å². The third-order valence-corrected chi connectivity index (χ3v) is 3.36. The number of hydrogen-bond donors (Lipinski definition) is 2. The predicted molar refractivity (Wildman–Crippen MR) is 70.0 cm³/mol. The van der Waals surface area contributed by atoms with Gasteiger partial charge in [-0.3, -0.25) is 4.79 Å². The fraction of sp³-hybridized carbons (Fsp3) is 0.643. The van der Waals surface area contributed by atoms with Crippen molar-refractivity contribution in [2.45, 2.75) is 39.3 Å². The van der Waals surface area contributed by atoms with Crippen molar-refractivity contribution in [3.63, 3.8) is 0 Å². The van der Waals surface area contributed by atoms with Crippen LogP contribution in [-0.4, -0.2) is 22.1 Å². The first-order valence-electron chi connectivity index (χ1n) is 6.66. The molecule has 0 radical (unpaired) electrons. The molecule has 1 fully saturated rings. The molecule has 1 saturated carbocycles. The molecule has 0 saturated heterocycles. The molecule has 2 N–H and O–H groups in total. The molecule has 1 aliphatic carbocycles. The van der Waals surface area contributed by atoms with Crippen molar-refractivity contribution in [2.75, 3.05) is 6.54 Å². The highest BCUT2D eigenvalue weighted by molar-refractivity contribution is 5.75. The van der Waals surface area contributed by atoms with Gasteiger partial charge in [0.1, 0.15) is 6.54 Å². The summed E-state index contributed by atoms with van der Waals surface area (Å²) in [6.45, 7) is 5.09. The number of hydrogen-bond acceptors (Lipinski definition) is 2. The van der Waals surface area contributed by atoms with Crippen LogP contribution in [0.3, 0.4) is 0 Å². The first kappa shape index (κ1) is 13.1. The third kappa shape index (κ3) is 3.60. The summed E-state index contributed by atoms with van der Waals surface area (Å²) in [4.78, 5) is 11.7. The molecule has 0 spiro atoms. The number of carbonyl (C=O) groups is 1. The Morgan fingerprint density at radius 3 is 2.89 bits per heavy atom. The molecule has 0 aliphatic heterocycles. The fourth-order valence-corrected chi connectivity index (χ4v) is 1.92. The Bertz CT molecular complexity index is 408. The van der Waals surface area contributed by atoms with Crippen LogP contribution in [0.5, 0.6) is 0 Å². The monoisotopic (exact) mass is 250 g/mol. The van der Waals surface area contributed by atoms with E-state index in [0.29, 0.717) is 12.5 Å². The van der Waals surface area contributed by atoms with Gasteiger partial charge in [0.15, 0.2) is 0 Å². The molecule has 0 bridgehead atoms. The lowest BCUT2D eigenvalue weighted by Gasteiger charge is -2.12. The van der Waals surface area contributed by atoms with Crippen LogP contribution in [0.2, 0.25) is 0 Å². The quantitative estimate of drug-likeness (QED) is 0.807. The molecule has 1 aromatic heterocycles. The molecular weight excluding hydrogens is 228 g/mol. The summed E-state index contributed by atoms with van der Waals surface area (Å²) >= 11 is 0. The van der Waals surface area contributed by atoms with Crippen LogP contribution in [0.4, 0.5) is 0 Å². The summed E-state index contributed by atoms with van der Waals surface area (Å²) < 4.78 is 1.82. The van der Waals surface area contributed by atoms with Gasteiger partial charge >= 0.3 is 0 Å². The van der Waals surface area contributed by atoms with E-state index < -0.39 is 6.10 Å². The van der Waals surface area contributed by atoms with Crippen LogP contribution in [0.25, 0.3) is 0 Å². The van der Waals surface area contributed by atoms with Gasteiger partial charge in [0.25, 0.3) is 0 Å². The SMILES string of the molecule is CC(C)C(O)c1ccn(CC(=O)NCC2CC2)c1. The molecule has 4 heteroatoms. The molecule has 100 valence electrons. The third-order valence-electron chi connectivity index (χ3n) is 3.36. The fourth-order valence-electron chi connectivity index (χ4n) is 1.92. The zero-order chi connectivity index (χ0) is 13.1. The molecule has 1 unspecified atom stereocenters. The second-order valence-electron chi connectivity index (χ2n) is 5.55. The molecule has 1 amide bonds. The van der Waals surface area contributed by atoms with Crippen molar-refractivity contribution in [1.29, 1.82) is 0 Å². The van der Waals surface area contributed by atoms with Crippen LogP contribution in [0.15, 0.2) is 18.5 Å². The number of amides is 1. The Morgan fingerprint density at radius 2 is 2.28 bits per heavy atom. The van der Waals surface area contributed by atoms with Crippen molar-refractivity contribution in [3.05, 3.63) is 24.0 Å². The van der Waals surface area contributed by atoms with Crippen LogP contribution in [-0.2, 0) is 11.3 Å². The predicted octanol–water partition coefficient (Wildman–Crippen LogP) is 1.70. The van der Waals surface area contributed by atoms with E-state index >= 15 is 0 Å². The van der Waals surface area contributed by atoms with E-state index in [0.717, 1.165) is 12.1 Å². The number of carbonyl (C=O) groups excluding carboxylic acids is 1. The van der Waals surface area contributed by atoms with Crippen LogP contribution in [0, 0.1) is 11.8 Å². The Labute approximate surface area is 108 Å². The summed E-state index contributed by atoms with van der Waals surface area (Å²) in [6.07, 6.45) is 5.72. The lowest BCUT2D eigenvalue weighted by molar-refractivity contribution is -0.121. The minimum Gasteiger partial charge on any atom is -0.388 e. The Morgan fingerprint density at radius 1 is 1.56 bits per heavy atom. The van der Waals surface area contributed by atoms with Gasteiger partial charge in [-0.25, -0.2) is 0 Å². The summed E-state index contributed by atoms with van der Waals surface area (Å²) in [5, 5.41) is 12.8. The van der Waals surface area contributed by atoms with E-state index in [1.165, 1.54) is 12.8 Å². The van der Waals surface area contributed by atoms with Crippen LogP contribution < -0.4 is 5.32 Å². The summed E-state index contributed by atoms with van der Waals surface area (Å²) in [5.74, 6) is 0.935. The number of nitrogens with one attached hydrogen (secondary N) is 1. The Kier molecular flexibility index (Phi) is 4.07. The van der Waals surface area contributed by atoms with E-state index in [1.54, 1.807) is 0 Å². The molecule has 18 heavy (non-hydrogen) atoms. The van der Waals surface area contributed by atoms with Gasteiger partial charge in [0.2, 0.25) is 5.91 Å². The zero-order valence-corrected chi connectivity index (χ0v) is 11.1. The summed E-state index contributed by atoms with van der Waals surface area (Å²) in [7, 11) is 0. The van der Waals surface area contributed by atoms with Crippen molar-refractivity contribution < 1.29 is 9.90 Å². The molecular formula is C14H22N2O2. The van der Waals surface area contributed by atoms with Gasteiger partial charge in [-0.15, -0.1) is 0 Å². The highest BCUT2D eigenvalue weighted by Crippen LogP contribution is 2.27. The smallest absolute Gasteiger partial charge is 0.239 e. The topological polar surface area (TPSA) is 54.3 Å². The largest absolute Gasteiger partial charge is 0.388 e. The molecule has 1 aromatic rings. The van der Waals surface area contributed by atoms with Crippen molar-refractivity contribution in [1.82, 2.24) is 9.88 Å². The maximum absolute atomic E-state index is 11.7. The maximum Gasteiger partial charge on any atom is 0.239 e. The highest BCUT2D eigenvalue weighted by Gasteiger charge is 2.21. The molecule has 1 aliphatic rings. The second kappa shape index (κ2) is 5.57. The first-order chi connectivity index (χ1) is 8.56. The van der Waals surface area contributed by atoms with Gasteiger partial charge in [0, 0.05) is 18.9 Å². The number of aliphatic hydroxyl groups is 1. The Balaban J connectivity index is 1.83. The number of rotatable bonds is 6. The normalized spacial score (nSPS) is 16.9. The zero-order valence-electron chi connectivity index (χ0n) is 11.1. The molecule has 0 aromatic carbocycles. The van der Waals surface area contributed by atoms with Crippen molar-refractivity contribution in [3.8, 4) is 0 Å². The number of nitrogens with zero attached hydrogens (tertiary/aromatic N) is 1. The lowest BCUT2D eigenvalue weighted by atomic mass is 10.0. The molecule has 4 nitrogen and oxygen atoms in total. The minimum absolute atomic E-state index is 0.0445. The standard InChI is InChI=1S/C14H22N2O2/c1-10(2)14(18)12-5-6-16(8-12)9-13(17)15-7-11-3-4-11/h5-6,8,10-11,14,18H,3-4,7,9H2,1-2H3,(H,15,17). The van der Waals surface area contributed by atoms with E-state index in [2.05, 4.69) is 5.32 Å². The molecule has 1 heterocycles. The highest BCUT2D eigenvalue weighted by atomic mass is 16.3. The summed E-state index contributed by atoms with van der Waals surface area (Å²) in [5.41, 5.74) is 0.875. The molecule has 2 rings (SSSR count). The van der Waals surface area contributed by atoms with Gasteiger partial charge < -0.3 is 15.0 Å². The second-order valence-corrected chi connectivity index (χ2v) is 5.55. The first-order valence-corrected chi connectivity index (χ1v) is 6.66. The maximum atomic E-state index is 11.7. The number of aliphatic hydroxyl groups excluding tert-OH is 1. The Hall–Kier alpha value is -1.29. The number of aromatic nitrogens is 1. The van der Waals surface area contributed by atoms with E-state index in [1.807, 2.05) is 36.9 Å². The van der Waals surface area contributed by atoms with Crippen molar-refractivity contribution in [2.24, 2.45) is 11.8 Å². The lowest BCUT2D eigenvalue weighted by Crippen LogP contribution is -2.28. The van der Waals surface area contributed by atoms with Gasteiger partial charge in [-0.2, -0.15) is 0 Å². The average molecular weight is 250 g/mol. The van der Waals surface area contributed by atoms with Gasteiger partial charge in [-0.05, 0) is 36.3 Å². The van der Waals surface area contributed by atoms with Crippen LogP contribution in [0.1, 0.15) is 38.4 Å². The summed E-state index contributed by atoms with van der Waals surface area (Å²) in [6, 6.07) is 1.87. The van der Waals surface area contributed by atoms with Gasteiger partial charge in [0.05, 0.1) is 6.10 Å². The molecule has 1 atom stereocenters. The van der Waals surface area contributed by atoms with Gasteiger partial charge in [-0.1, -0.05) is 13.8 Å². The average Bonchev–Trinajstić information content (AvgIpc) is 3.05. The minimum atomic E-state index is -0.458. The van der Waals surface area contributed by atoms with Crippen molar-refractivity contribution >= 4 is 5.91 Å². The van der Waals surface area contributed by atoms with E-state index in [9.17, 15) is 9.90 Å².